The molecule has 0 bridgehead atoms. The Morgan fingerprint density at radius 3 is 2.68 bits per heavy atom. The lowest BCUT2D eigenvalue weighted by atomic mass is 9.79. The van der Waals surface area contributed by atoms with Crippen molar-refractivity contribution in [2.75, 3.05) is 32.8 Å². The Kier molecular flexibility index (Phi) is 5.30. The van der Waals surface area contributed by atoms with Crippen molar-refractivity contribution in [3.63, 3.8) is 0 Å². The number of nitrogens with one attached hydrogen (secondary N) is 1. The van der Waals surface area contributed by atoms with Gasteiger partial charge in [-0.15, -0.1) is 0 Å². The number of rotatable bonds is 5. The summed E-state index contributed by atoms with van der Waals surface area (Å²) in [6.07, 6.45) is 8.62. The summed E-state index contributed by atoms with van der Waals surface area (Å²) in [5.74, 6) is 0. The average molecular weight is 339 g/mol. The Balaban J connectivity index is 1.45. The molecule has 2 aliphatic rings. The fourth-order valence-electron chi connectivity index (χ4n) is 4.59. The molecule has 2 heterocycles. The molecule has 1 aromatic carbocycles. The minimum atomic E-state index is 0.319. The van der Waals surface area contributed by atoms with Crippen molar-refractivity contribution in [2.45, 2.75) is 44.2 Å². The van der Waals surface area contributed by atoms with E-state index in [-0.39, 0.29) is 0 Å². The van der Waals surface area contributed by atoms with E-state index in [1.54, 1.807) is 0 Å². The van der Waals surface area contributed by atoms with Gasteiger partial charge in [-0.2, -0.15) is 0 Å². The Labute approximate surface area is 150 Å². The molecule has 4 nitrogen and oxygen atoms in total. The fourth-order valence-corrected chi connectivity index (χ4v) is 4.59. The zero-order valence-corrected chi connectivity index (χ0v) is 15.0. The van der Waals surface area contributed by atoms with E-state index < -0.39 is 0 Å². The van der Waals surface area contributed by atoms with Crippen molar-refractivity contribution >= 4 is 10.9 Å². The lowest BCUT2D eigenvalue weighted by molar-refractivity contribution is -0.0369. The molecule has 2 aromatic rings. The molecule has 0 radical (unpaired) electrons. The zero-order valence-electron chi connectivity index (χ0n) is 15.0. The third-order valence-corrected chi connectivity index (χ3v) is 5.95. The van der Waals surface area contributed by atoms with E-state index in [0.717, 1.165) is 44.9 Å². The standard InChI is InChI=1S/C21H29N3O/c1-2-9-21(10-3-1,24-12-14-25-15-13-24)17-22-16-19-7-4-6-18-8-5-11-23-20(18)19/h4-8,11,22H,1-3,9-10,12-17H2. The van der Waals surface area contributed by atoms with Crippen LogP contribution < -0.4 is 5.32 Å². The first-order chi connectivity index (χ1) is 12.4. The Bertz CT molecular complexity index is 685. The van der Waals surface area contributed by atoms with Gasteiger partial charge in [0.05, 0.1) is 18.7 Å². The first kappa shape index (κ1) is 17.0. The second kappa shape index (κ2) is 7.81. The van der Waals surface area contributed by atoms with E-state index in [2.05, 4.69) is 39.5 Å². The van der Waals surface area contributed by atoms with E-state index in [0.29, 0.717) is 5.54 Å². The monoisotopic (exact) mass is 339 g/mol. The molecule has 0 unspecified atom stereocenters. The highest BCUT2D eigenvalue weighted by Gasteiger charge is 2.38. The predicted molar refractivity (Wildman–Crippen MR) is 102 cm³/mol. The predicted octanol–water partition coefficient (Wildman–Crippen LogP) is 3.36. The van der Waals surface area contributed by atoms with E-state index in [9.17, 15) is 0 Å². The molecule has 0 atom stereocenters. The van der Waals surface area contributed by atoms with Gasteiger partial charge in [0.2, 0.25) is 0 Å². The van der Waals surface area contributed by atoms with Crippen LogP contribution in [0.4, 0.5) is 0 Å². The van der Waals surface area contributed by atoms with Gasteiger partial charge in [0, 0.05) is 43.3 Å². The van der Waals surface area contributed by atoms with Crippen LogP contribution in [-0.4, -0.2) is 48.3 Å². The van der Waals surface area contributed by atoms with Gasteiger partial charge in [0.25, 0.3) is 0 Å². The SMILES string of the molecule is c1cnc2c(CNCC3(N4CCOCC4)CCCCC3)cccc2c1. The molecule has 1 N–H and O–H groups in total. The molecule has 1 aliphatic carbocycles. The van der Waals surface area contributed by atoms with E-state index in [1.165, 1.54) is 43.1 Å². The molecule has 1 saturated heterocycles. The number of nitrogens with zero attached hydrogens (tertiary/aromatic N) is 2. The van der Waals surface area contributed by atoms with Gasteiger partial charge in [-0.25, -0.2) is 0 Å². The Morgan fingerprint density at radius 2 is 1.84 bits per heavy atom. The third kappa shape index (κ3) is 3.71. The summed E-state index contributed by atoms with van der Waals surface area (Å²) >= 11 is 0. The van der Waals surface area contributed by atoms with Crippen LogP contribution in [0.2, 0.25) is 0 Å². The molecular formula is C21H29N3O. The number of hydrogen-bond donors (Lipinski definition) is 1. The summed E-state index contributed by atoms with van der Waals surface area (Å²) in [6.45, 7) is 5.88. The smallest absolute Gasteiger partial charge is 0.0746 e. The maximum atomic E-state index is 5.59. The van der Waals surface area contributed by atoms with Gasteiger partial charge in [-0.1, -0.05) is 43.5 Å². The average Bonchev–Trinajstić information content (AvgIpc) is 2.70. The molecule has 0 amide bonds. The second-order valence-electron chi connectivity index (χ2n) is 7.48. The van der Waals surface area contributed by atoms with E-state index in [1.807, 2.05) is 12.3 Å². The van der Waals surface area contributed by atoms with Gasteiger partial charge in [-0.3, -0.25) is 9.88 Å². The van der Waals surface area contributed by atoms with Gasteiger partial charge >= 0.3 is 0 Å². The summed E-state index contributed by atoms with van der Waals surface area (Å²) < 4.78 is 5.59. The summed E-state index contributed by atoms with van der Waals surface area (Å²) in [4.78, 5) is 7.29. The van der Waals surface area contributed by atoms with Crippen LogP contribution in [0.15, 0.2) is 36.5 Å². The molecule has 1 aromatic heterocycles. The van der Waals surface area contributed by atoms with Crippen LogP contribution >= 0.6 is 0 Å². The van der Waals surface area contributed by atoms with Crippen molar-refractivity contribution in [3.8, 4) is 0 Å². The normalized spacial score (nSPS) is 21.4. The molecule has 1 aliphatic heterocycles. The summed E-state index contributed by atoms with van der Waals surface area (Å²) in [7, 11) is 0. The summed E-state index contributed by atoms with van der Waals surface area (Å²) in [6, 6.07) is 10.6. The van der Waals surface area contributed by atoms with Gasteiger partial charge in [0.1, 0.15) is 0 Å². The van der Waals surface area contributed by atoms with Crippen LogP contribution in [0.1, 0.15) is 37.7 Å². The largest absolute Gasteiger partial charge is 0.379 e. The number of pyridine rings is 1. The summed E-state index contributed by atoms with van der Waals surface area (Å²) in [5.41, 5.74) is 2.74. The molecule has 4 heteroatoms. The quantitative estimate of drug-likeness (QED) is 0.906. The van der Waals surface area contributed by atoms with Crippen LogP contribution in [0.3, 0.4) is 0 Å². The van der Waals surface area contributed by atoms with Crippen LogP contribution in [0.5, 0.6) is 0 Å². The molecule has 1 saturated carbocycles. The van der Waals surface area contributed by atoms with Crippen molar-refractivity contribution in [1.29, 1.82) is 0 Å². The van der Waals surface area contributed by atoms with Crippen molar-refractivity contribution in [1.82, 2.24) is 15.2 Å². The number of fused-ring (bicyclic) bond motifs is 1. The van der Waals surface area contributed by atoms with Crippen molar-refractivity contribution in [3.05, 3.63) is 42.1 Å². The minimum Gasteiger partial charge on any atom is -0.379 e. The minimum absolute atomic E-state index is 0.319. The second-order valence-corrected chi connectivity index (χ2v) is 7.48. The van der Waals surface area contributed by atoms with Crippen LogP contribution in [0.25, 0.3) is 10.9 Å². The molecule has 0 spiro atoms. The van der Waals surface area contributed by atoms with Gasteiger partial charge < -0.3 is 10.1 Å². The number of morpholine rings is 1. The third-order valence-electron chi connectivity index (χ3n) is 5.95. The first-order valence-electron chi connectivity index (χ1n) is 9.74. The first-order valence-corrected chi connectivity index (χ1v) is 9.74. The van der Waals surface area contributed by atoms with Crippen molar-refractivity contribution in [2.24, 2.45) is 0 Å². The number of benzene rings is 1. The highest BCUT2D eigenvalue weighted by molar-refractivity contribution is 5.81. The van der Waals surface area contributed by atoms with Gasteiger partial charge in [-0.05, 0) is 24.5 Å². The number of ether oxygens (including phenoxy) is 1. The van der Waals surface area contributed by atoms with E-state index in [4.69, 9.17) is 4.74 Å². The Morgan fingerprint density at radius 1 is 1.04 bits per heavy atom. The highest BCUT2D eigenvalue weighted by atomic mass is 16.5. The molecule has 4 rings (SSSR count). The van der Waals surface area contributed by atoms with Gasteiger partial charge in [0.15, 0.2) is 0 Å². The lowest BCUT2D eigenvalue weighted by Crippen LogP contribution is -2.59. The lowest BCUT2D eigenvalue weighted by Gasteiger charge is -2.48. The van der Waals surface area contributed by atoms with Crippen LogP contribution in [-0.2, 0) is 11.3 Å². The molecular weight excluding hydrogens is 310 g/mol. The van der Waals surface area contributed by atoms with E-state index >= 15 is 0 Å². The maximum absolute atomic E-state index is 5.59. The maximum Gasteiger partial charge on any atom is 0.0746 e. The number of aromatic nitrogens is 1. The van der Waals surface area contributed by atoms with Crippen LogP contribution in [0, 0.1) is 0 Å². The Hall–Kier alpha value is -1.49. The number of para-hydroxylation sites is 1. The van der Waals surface area contributed by atoms with Crippen molar-refractivity contribution < 1.29 is 4.74 Å². The molecule has 2 fully saturated rings. The fraction of sp³-hybridized carbons (Fsp3) is 0.571. The molecule has 25 heavy (non-hydrogen) atoms. The number of hydrogen-bond acceptors (Lipinski definition) is 4. The molecule has 134 valence electrons. The topological polar surface area (TPSA) is 37.4 Å². The summed E-state index contributed by atoms with van der Waals surface area (Å²) in [5, 5.41) is 5.00. The zero-order chi connectivity index (χ0) is 17.0. The highest BCUT2D eigenvalue weighted by Crippen LogP contribution is 2.34.